The standard InChI is InChI=1S/C8H10BrNO2/c1-2-5-12-8-4-3-7(9)6-10(8)11/h3-4,6H,2,5H2,1H3. The number of hydrogen-bond donors (Lipinski definition) is 0. The van der Waals surface area contributed by atoms with Crippen LogP contribution in [0.3, 0.4) is 0 Å². The Morgan fingerprint density at radius 3 is 2.92 bits per heavy atom. The molecule has 1 aromatic heterocycles. The Bertz CT molecular complexity index is 265. The SMILES string of the molecule is CCCOc1ccc(Br)c[n+]1[O-]. The molecule has 0 fully saturated rings. The maximum atomic E-state index is 11.1. The molecule has 0 amide bonds. The molecule has 1 aromatic rings. The minimum absolute atomic E-state index is 0.347. The average molecular weight is 232 g/mol. The minimum Gasteiger partial charge on any atom is -0.616 e. The lowest BCUT2D eigenvalue weighted by Gasteiger charge is -2.04. The third-order valence-electron chi connectivity index (χ3n) is 1.30. The van der Waals surface area contributed by atoms with Crippen molar-refractivity contribution in [2.24, 2.45) is 0 Å². The monoisotopic (exact) mass is 231 g/mol. The second kappa shape index (κ2) is 4.30. The van der Waals surface area contributed by atoms with Crippen LogP contribution in [-0.2, 0) is 0 Å². The van der Waals surface area contributed by atoms with Crippen molar-refractivity contribution in [3.63, 3.8) is 0 Å². The van der Waals surface area contributed by atoms with Gasteiger partial charge in [0.15, 0.2) is 6.20 Å². The number of nitrogens with zero attached hydrogens (tertiary/aromatic N) is 1. The zero-order valence-electron chi connectivity index (χ0n) is 6.79. The van der Waals surface area contributed by atoms with Gasteiger partial charge in [-0.3, -0.25) is 0 Å². The lowest BCUT2D eigenvalue weighted by atomic mass is 10.5. The van der Waals surface area contributed by atoms with Crippen LogP contribution in [0.4, 0.5) is 0 Å². The van der Waals surface area contributed by atoms with Gasteiger partial charge >= 0.3 is 5.88 Å². The molecule has 0 spiro atoms. The van der Waals surface area contributed by atoms with Gasteiger partial charge in [-0.05, 0) is 28.4 Å². The molecule has 1 rings (SSSR count). The summed E-state index contributed by atoms with van der Waals surface area (Å²) in [4.78, 5) is 0. The van der Waals surface area contributed by atoms with E-state index in [1.807, 2.05) is 6.92 Å². The predicted octanol–water partition coefficient (Wildman–Crippen LogP) is 1.87. The summed E-state index contributed by atoms with van der Waals surface area (Å²) in [7, 11) is 0. The summed E-state index contributed by atoms with van der Waals surface area (Å²) in [5.41, 5.74) is 0. The topological polar surface area (TPSA) is 36.2 Å². The molecule has 0 saturated heterocycles. The predicted molar refractivity (Wildman–Crippen MR) is 48.9 cm³/mol. The second-order valence-electron chi connectivity index (χ2n) is 2.36. The molecule has 12 heavy (non-hydrogen) atoms. The van der Waals surface area contributed by atoms with E-state index in [2.05, 4.69) is 15.9 Å². The maximum absolute atomic E-state index is 11.1. The molecule has 0 aromatic carbocycles. The van der Waals surface area contributed by atoms with Crippen molar-refractivity contribution < 1.29 is 9.47 Å². The van der Waals surface area contributed by atoms with Crippen LogP contribution < -0.4 is 9.47 Å². The van der Waals surface area contributed by atoms with E-state index in [0.29, 0.717) is 17.2 Å². The van der Waals surface area contributed by atoms with Crippen molar-refractivity contribution in [2.75, 3.05) is 6.61 Å². The third kappa shape index (κ3) is 2.37. The van der Waals surface area contributed by atoms with Crippen LogP contribution >= 0.6 is 15.9 Å². The van der Waals surface area contributed by atoms with Crippen LogP contribution in [0.5, 0.6) is 5.88 Å². The molecule has 3 nitrogen and oxygen atoms in total. The van der Waals surface area contributed by atoms with Gasteiger partial charge in [0, 0.05) is 0 Å². The fraction of sp³-hybridized carbons (Fsp3) is 0.375. The first-order valence-corrected chi connectivity index (χ1v) is 4.55. The van der Waals surface area contributed by atoms with Gasteiger partial charge in [0.25, 0.3) is 0 Å². The van der Waals surface area contributed by atoms with Crippen molar-refractivity contribution >= 4 is 15.9 Å². The van der Waals surface area contributed by atoms with E-state index in [0.717, 1.165) is 10.9 Å². The van der Waals surface area contributed by atoms with Crippen molar-refractivity contribution in [1.82, 2.24) is 0 Å². The molecule has 0 atom stereocenters. The Hall–Kier alpha value is -0.770. The first-order valence-electron chi connectivity index (χ1n) is 3.75. The first kappa shape index (κ1) is 9.32. The summed E-state index contributed by atoms with van der Waals surface area (Å²) in [6, 6.07) is 3.42. The number of hydrogen-bond acceptors (Lipinski definition) is 2. The van der Waals surface area contributed by atoms with Gasteiger partial charge in [0.2, 0.25) is 0 Å². The smallest absolute Gasteiger partial charge is 0.379 e. The Kier molecular flexibility index (Phi) is 3.34. The van der Waals surface area contributed by atoms with E-state index in [4.69, 9.17) is 4.74 Å². The molecule has 0 N–H and O–H groups in total. The molecule has 0 aliphatic rings. The van der Waals surface area contributed by atoms with Gasteiger partial charge in [0.1, 0.15) is 0 Å². The van der Waals surface area contributed by atoms with E-state index >= 15 is 0 Å². The van der Waals surface area contributed by atoms with Gasteiger partial charge in [-0.15, -0.1) is 4.73 Å². The average Bonchev–Trinajstić information content (AvgIpc) is 2.03. The molecule has 0 aliphatic heterocycles. The number of aromatic nitrogens is 1. The summed E-state index contributed by atoms with van der Waals surface area (Å²) in [6.45, 7) is 2.57. The minimum atomic E-state index is 0.347. The summed E-state index contributed by atoms with van der Waals surface area (Å²) < 4.78 is 6.63. The van der Waals surface area contributed by atoms with Crippen LogP contribution in [0.1, 0.15) is 13.3 Å². The highest BCUT2D eigenvalue weighted by Gasteiger charge is 2.04. The summed E-state index contributed by atoms with van der Waals surface area (Å²) in [5.74, 6) is 0.347. The zero-order valence-corrected chi connectivity index (χ0v) is 8.37. The van der Waals surface area contributed by atoms with E-state index in [-0.39, 0.29) is 0 Å². The maximum Gasteiger partial charge on any atom is 0.379 e. The van der Waals surface area contributed by atoms with Crippen LogP contribution in [0.2, 0.25) is 0 Å². The highest BCUT2D eigenvalue weighted by atomic mass is 79.9. The van der Waals surface area contributed by atoms with Gasteiger partial charge in [-0.25, -0.2) is 0 Å². The quantitative estimate of drug-likeness (QED) is 0.589. The molecule has 4 heteroatoms. The van der Waals surface area contributed by atoms with E-state index in [9.17, 15) is 5.21 Å². The zero-order chi connectivity index (χ0) is 8.97. The van der Waals surface area contributed by atoms with Gasteiger partial charge in [0.05, 0.1) is 17.1 Å². The van der Waals surface area contributed by atoms with E-state index in [1.165, 1.54) is 6.20 Å². The molecule has 0 radical (unpaired) electrons. The molecule has 0 unspecified atom stereocenters. The lowest BCUT2D eigenvalue weighted by Crippen LogP contribution is -2.28. The van der Waals surface area contributed by atoms with Crippen molar-refractivity contribution in [1.29, 1.82) is 0 Å². The molecule has 1 heterocycles. The van der Waals surface area contributed by atoms with Crippen LogP contribution in [0, 0.1) is 5.21 Å². The number of rotatable bonds is 3. The molecule has 0 saturated carbocycles. The molecular weight excluding hydrogens is 222 g/mol. The normalized spacial score (nSPS) is 9.83. The van der Waals surface area contributed by atoms with E-state index in [1.54, 1.807) is 12.1 Å². The Morgan fingerprint density at radius 1 is 1.58 bits per heavy atom. The van der Waals surface area contributed by atoms with Gasteiger partial charge < -0.3 is 9.94 Å². The highest BCUT2D eigenvalue weighted by molar-refractivity contribution is 9.10. The number of pyridine rings is 1. The van der Waals surface area contributed by atoms with E-state index < -0.39 is 0 Å². The fourth-order valence-corrected chi connectivity index (χ4v) is 1.08. The summed E-state index contributed by atoms with van der Waals surface area (Å²) >= 11 is 3.19. The Morgan fingerprint density at radius 2 is 2.33 bits per heavy atom. The summed E-state index contributed by atoms with van der Waals surface area (Å²) in [5, 5.41) is 11.1. The van der Waals surface area contributed by atoms with Crippen LogP contribution in [0.25, 0.3) is 0 Å². The number of halogens is 1. The number of ether oxygens (including phenoxy) is 1. The molecule has 0 bridgehead atoms. The lowest BCUT2D eigenvalue weighted by molar-refractivity contribution is -0.613. The van der Waals surface area contributed by atoms with Crippen molar-refractivity contribution in [3.05, 3.63) is 28.0 Å². The summed E-state index contributed by atoms with van der Waals surface area (Å²) in [6.07, 6.45) is 2.32. The van der Waals surface area contributed by atoms with Crippen molar-refractivity contribution in [2.45, 2.75) is 13.3 Å². The van der Waals surface area contributed by atoms with Crippen molar-refractivity contribution in [3.8, 4) is 5.88 Å². The largest absolute Gasteiger partial charge is 0.616 e. The fourth-order valence-electron chi connectivity index (χ4n) is 0.761. The second-order valence-corrected chi connectivity index (χ2v) is 3.28. The van der Waals surface area contributed by atoms with Gasteiger partial charge in [-0.1, -0.05) is 6.92 Å². The molecule has 66 valence electrons. The third-order valence-corrected chi connectivity index (χ3v) is 1.77. The Balaban J connectivity index is 2.72. The molecular formula is C8H10BrNO2. The van der Waals surface area contributed by atoms with Crippen LogP contribution in [0.15, 0.2) is 22.8 Å². The first-order chi connectivity index (χ1) is 5.74. The van der Waals surface area contributed by atoms with Gasteiger partial charge in [-0.2, -0.15) is 0 Å². The molecule has 0 aliphatic carbocycles. The Labute approximate surface area is 79.7 Å². The highest BCUT2D eigenvalue weighted by Crippen LogP contribution is 2.10. The van der Waals surface area contributed by atoms with Crippen LogP contribution in [-0.4, -0.2) is 6.61 Å².